The van der Waals surface area contributed by atoms with Crippen molar-refractivity contribution in [2.45, 2.75) is 6.42 Å². The summed E-state index contributed by atoms with van der Waals surface area (Å²) in [4.78, 5) is 11.5. The fourth-order valence-corrected chi connectivity index (χ4v) is 1.35. The first-order valence-electron chi connectivity index (χ1n) is 4.12. The van der Waals surface area contributed by atoms with Gasteiger partial charge in [-0.15, -0.1) is 0 Å². The highest BCUT2D eigenvalue weighted by Gasteiger charge is 2.12. The van der Waals surface area contributed by atoms with Crippen molar-refractivity contribution in [3.05, 3.63) is 34.3 Å². The molecule has 0 aromatic heterocycles. The molecule has 1 aromatic carbocycles. The van der Waals surface area contributed by atoms with E-state index in [9.17, 15) is 4.79 Å². The SMILES string of the molecule is NC(=S)N(N)C(=O)Cc1ccc(Br)cc1. The van der Waals surface area contributed by atoms with Crippen molar-refractivity contribution in [2.75, 3.05) is 0 Å². The fraction of sp³-hybridized carbons (Fsp3) is 0.111. The summed E-state index contributed by atoms with van der Waals surface area (Å²) in [6.45, 7) is 0. The molecule has 15 heavy (non-hydrogen) atoms. The number of benzene rings is 1. The summed E-state index contributed by atoms with van der Waals surface area (Å²) in [7, 11) is 0. The van der Waals surface area contributed by atoms with E-state index in [0.29, 0.717) is 0 Å². The van der Waals surface area contributed by atoms with E-state index in [0.717, 1.165) is 15.0 Å². The van der Waals surface area contributed by atoms with Gasteiger partial charge in [0.05, 0.1) is 6.42 Å². The number of thiocarbonyl (C=S) groups is 1. The van der Waals surface area contributed by atoms with Crippen molar-refractivity contribution in [1.82, 2.24) is 5.01 Å². The molecule has 0 fully saturated rings. The highest BCUT2D eigenvalue weighted by molar-refractivity contribution is 9.10. The number of halogens is 1. The summed E-state index contributed by atoms with van der Waals surface area (Å²) in [5, 5.41) is 0.648. The lowest BCUT2D eigenvalue weighted by Crippen LogP contribution is -2.46. The van der Waals surface area contributed by atoms with Crippen LogP contribution in [0.1, 0.15) is 5.56 Å². The van der Waals surface area contributed by atoms with E-state index in [-0.39, 0.29) is 17.4 Å². The summed E-state index contributed by atoms with van der Waals surface area (Å²) in [6, 6.07) is 7.36. The Bertz CT molecular complexity index is 379. The molecule has 80 valence electrons. The third-order valence-corrected chi connectivity index (χ3v) is 2.50. The van der Waals surface area contributed by atoms with Gasteiger partial charge in [0.15, 0.2) is 5.11 Å². The van der Waals surface area contributed by atoms with Crippen molar-refractivity contribution in [3.8, 4) is 0 Å². The first-order valence-corrected chi connectivity index (χ1v) is 5.32. The molecule has 0 aliphatic heterocycles. The van der Waals surface area contributed by atoms with Crippen LogP contribution in [0.4, 0.5) is 0 Å². The van der Waals surface area contributed by atoms with Crippen LogP contribution in [0.2, 0.25) is 0 Å². The predicted octanol–water partition coefficient (Wildman–Crippen LogP) is 0.938. The highest BCUT2D eigenvalue weighted by atomic mass is 79.9. The largest absolute Gasteiger partial charge is 0.375 e. The van der Waals surface area contributed by atoms with E-state index >= 15 is 0 Å². The standard InChI is InChI=1S/C9H10BrN3OS/c10-7-3-1-6(2-4-7)5-8(14)13(12)9(11)15/h1-4H,5,12H2,(H2,11,15). The molecular weight excluding hydrogens is 278 g/mol. The summed E-state index contributed by atoms with van der Waals surface area (Å²) in [5.41, 5.74) is 6.08. The van der Waals surface area contributed by atoms with Crippen molar-refractivity contribution in [1.29, 1.82) is 0 Å². The van der Waals surface area contributed by atoms with E-state index in [1.165, 1.54) is 0 Å². The highest BCUT2D eigenvalue weighted by Crippen LogP contribution is 2.11. The number of hydrazine groups is 1. The Labute approximate surface area is 101 Å². The van der Waals surface area contributed by atoms with Crippen LogP contribution in [0.5, 0.6) is 0 Å². The Hall–Kier alpha value is -0.980. The number of nitrogens with zero attached hydrogens (tertiary/aromatic N) is 1. The second kappa shape index (κ2) is 5.20. The minimum atomic E-state index is -0.329. The Morgan fingerprint density at radius 2 is 1.93 bits per heavy atom. The number of carbonyl (C=O) groups is 1. The summed E-state index contributed by atoms with van der Waals surface area (Å²) in [5.74, 6) is 5.02. The number of nitrogens with two attached hydrogens (primary N) is 2. The molecule has 0 saturated carbocycles. The first-order chi connectivity index (χ1) is 7.00. The topological polar surface area (TPSA) is 72.3 Å². The number of hydrogen-bond donors (Lipinski definition) is 2. The van der Waals surface area contributed by atoms with E-state index in [1.807, 2.05) is 24.3 Å². The van der Waals surface area contributed by atoms with Crippen LogP contribution in [0.3, 0.4) is 0 Å². The van der Waals surface area contributed by atoms with Crippen LogP contribution < -0.4 is 11.6 Å². The van der Waals surface area contributed by atoms with Crippen LogP contribution in [0, 0.1) is 0 Å². The Morgan fingerprint density at radius 1 is 1.40 bits per heavy atom. The van der Waals surface area contributed by atoms with Crippen LogP contribution >= 0.6 is 28.1 Å². The fourth-order valence-electron chi connectivity index (χ4n) is 0.985. The van der Waals surface area contributed by atoms with E-state index in [1.54, 1.807) is 0 Å². The van der Waals surface area contributed by atoms with Gasteiger partial charge in [-0.3, -0.25) is 4.79 Å². The molecule has 4 N–H and O–H groups in total. The second-order valence-electron chi connectivity index (χ2n) is 2.91. The minimum Gasteiger partial charge on any atom is -0.375 e. The molecule has 0 radical (unpaired) electrons. The van der Waals surface area contributed by atoms with Gasteiger partial charge in [0.25, 0.3) is 0 Å². The van der Waals surface area contributed by atoms with Crippen LogP contribution in [-0.2, 0) is 11.2 Å². The molecule has 1 amide bonds. The smallest absolute Gasteiger partial charge is 0.247 e. The van der Waals surface area contributed by atoms with Gasteiger partial charge < -0.3 is 5.73 Å². The monoisotopic (exact) mass is 287 g/mol. The van der Waals surface area contributed by atoms with Crippen molar-refractivity contribution in [2.24, 2.45) is 11.6 Å². The molecule has 4 nitrogen and oxygen atoms in total. The van der Waals surface area contributed by atoms with Gasteiger partial charge in [0, 0.05) is 4.47 Å². The van der Waals surface area contributed by atoms with E-state index < -0.39 is 0 Å². The zero-order chi connectivity index (χ0) is 11.4. The van der Waals surface area contributed by atoms with Gasteiger partial charge >= 0.3 is 0 Å². The molecule has 0 unspecified atom stereocenters. The second-order valence-corrected chi connectivity index (χ2v) is 4.24. The van der Waals surface area contributed by atoms with Crippen molar-refractivity contribution < 1.29 is 4.79 Å². The molecule has 0 saturated heterocycles. The van der Waals surface area contributed by atoms with Gasteiger partial charge in [-0.05, 0) is 29.9 Å². The normalized spacial score (nSPS) is 9.73. The van der Waals surface area contributed by atoms with Crippen LogP contribution in [-0.4, -0.2) is 16.0 Å². The molecular formula is C9H10BrN3OS. The van der Waals surface area contributed by atoms with Crippen molar-refractivity contribution >= 4 is 39.2 Å². The predicted molar refractivity (Wildman–Crippen MR) is 65.7 cm³/mol. The maximum absolute atomic E-state index is 11.5. The van der Waals surface area contributed by atoms with E-state index in [2.05, 4.69) is 28.1 Å². The molecule has 1 rings (SSSR count). The van der Waals surface area contributed by atoms with Gasteiger partial charge in [0.1, 0.15) is 0 Å². The molecule has 6 heteroatoms. The Morgan fingerprint density at radius 3 is 2.40 bits per heavy atom. The Kier molecular flexibility index (Phi) is 4.19. The number of rotatable bonds is 2. The van der Waals surface area contributed by atoms with Crippen molar-refractivity contribution in [3.63, 3.8) is 0 Å². The number of amides is 1. The molecule has 0 bridgehead atoms. The van der Waals surface area contributed by atoms with Gasteiger partial charge in [0.2, 0.25) is 5.91 Å². The summed E-state index contributed by atoms with van der Waals surface area (Å²) in [6.07, 6.45) is 0.182. The van der Waals surface area contributed by atoms with Crippen LogP contribution in [0.15, 0.2) is 28.7 Å². The van der Waals surface area contributed by atoms with Crippen LogP contribution in [0.25, 0.3) is 0 Å². The number of hydrogen-bond acceptors (Lipinski definition) is 3. The summed E-state index contributed by atoms with van der Waals surface area (Å²) >= 11 is 7.88. The van der Waals surface area contributed by atoms with Gasteiger partial charge in [-0.1, -0.05) is 28.1 Å². The molecule has 1 aromatic rings. The lowest BCUT2D eigenvalue weighted by Gasteiger charge is -2.13. The molecule has 0 atom stereocenters. The minimum absolute atomic E-state index is 0.128. The lowest BCUT2D eigenvalue weighted by molar-refractivity contribution is -0.126. The first kappa shape index (κ1) is 12.1. The third-order valence-electron chi connectivity index (χ3n) is 1.77. The summed E-state index contributed by atoms with van der Waals surface area (Å²) < 4.78 is 0.956. The molecule has 0 heterocycles. The maximum Gasteiger partial charge on any atom is 0.247 e. The molecule has 0 aliphatic carbocycles. The lowest BCUT2D eigenvalue weighted by atomic mass is 10.1. The maximum atomic E-state index is 11.5. The average molecular weight is 288 g/mol. The zero-order valence-corrected chi connectivity index (χ0v) is 10.2. The third kappa shape index (κ3) is 3.58. The van der Waals surface area contributed by atoms with Gasteiger partial charge in [-0.2, -0.15) is 0 Å². The molecule has 0 aliphatic rings. The average Bonchev–Trinajstić information content (AvgIpc) is 2.20. The zero-order valence-electron chi connectivity index (χ0n) is 7.81. The number of carbonyl (C=O) groups excluding carboxylic acids is 1. The van der Waals surface area contributed by atoms with Gasteiger partial charge in [-0.25, -0.2) is 10.9 Å². The molecule has 0 spiro atoms. The Balaban J connectivity index is 2.66. The quantitative estimate of drug-likeness (QED) is 0.368. The van der Waals surface area contributed by atoms with E-state index in [4.69, 9.17) is 11.6 Å².